The Morgan fingerprint density at radius 1 is 1.25 bits per heavy atom. The molecule has 7 nitrogen and oxygen atoms in total. The van der Waals surface area contributed by atoms with Gasteiger partial charge < -0.3 is 21.3 Å². The summed E-state index contributed by atoms with van der Waals surface area (Å²) in [5.74, 6) is 1.17. The lowest BCUT2D eigenvalue weighted by Crippen LogP contribution is -2.46. The van der Waals surface area contributed by atoms with Crippen LogP contribution < -0.4 is 21.3 Å². The minimum atomic E-state index is -0.0286. The number of piperazine rings is 1. The maximum Gasteiger partial charge on any atom is 0.315 e. The van der Waals surface area contributed by atoms with Crippen molar-refractivity contribution in [1.82, 2.24) is 26.2 Å². The quantitative estimate of drug-likeness (QED) is 0.356. The second-order valence-corrected chi connectivity index (χ2v) is 8.08. The summed E-state index contributed by atoms with van der Waals surface area (Å²) in [6, 6.07) is 0.537. The van der Waals surface area contributed by atoms with Gasteiger partial charge in [-0.15, -0.1) is 0 Å². The van der Waals surface area contributed by atoms with Crippen LogP contribution >= 0.6 is 11.8 Å². The van der Waals surface area contributed by atoms with Crippen molar-refractivity contribution < 1.29 is 9.59 Å². The first-order chi connectivity index (χ1) is 11.7. The highest BCUT2D eigenvalue weighted by atomic mass is 32.2. The zero-order valence-electron chi connectivity index (χ0n) is 14.2. The van der Waals surface area contributed by atoms with Gasteiger partial charge in [0.15, 0.2) is 0 Å². The molecule has 136 valence electrons. The standard InChI is InChI=1S/C16H29N5O2S/c22-14(18-7-10-21-8-5-17-6-9-21)4-2-1-3-13-15-12(11-24-13)19-16(23)20-15/h12-13,15,17H,1-11H2,(H,18,22)(H2,19,20,23)/t12-,13-,15-/m0/s1. The van der Waals surface area contributed by atoms with Gasteiger partial charge >= 0.3 is 6.03 Å². The Balaban J connectivity index is 1.21. The molecular formula is C16H29N5O2S. The molecule has 3 heterocycles. The summed E-state index contributed by atoms with van der Waals surface area (Å²) in [7, 11) is 0. The maximum atomic E-state index is 11.9. The fraction of sp³-hybridized carbons (Fsp3) is 0.875. The molecule has 0 aromatic carbocycles. The van der Waals surface area contributed by atoms with E-state index in [1.54, 1.807) is 0 Å². The highest BCUT2D eigenvalue weighted by molar-refractivity contribution is 8.00. The monoisotopic (exact) mass is 355 g/mol. The summed E-state index contributed by atoms with van der Waals surface area (Å²) >= 11 is 1.94. The van der Waals surface area contributed by atoms with Crippen LogP contribution in [0.2, 0.25) is 0 Å². The van der Waals surface area contributed by atoms with Gasteiger partial charge in [-0.25, -0.2) is 4.79 Å². The van der Waals surface area contributed by atoms with Crippen LogP contribution in [-0.4, -0.2) is 79.2 Å². The van der Waals surface area contributed by atoms with Crippen molar-refractivity contribution in [3.8, 4) is 0 Å². The number of rotatable bonds is 8. The zero-order valence-corrected chi connectivity index (χ0v) is 15.0. The Morgan fingerprint density at radius 2 is 2.08 bits per heavy atom. The number of nitrogens with one attached hydrogen (secondary N) is 4. The third kappa shape index (κ3) is 5.00. The predicted octanol–water partition coefficient (Wildman–Crippen LogP) is -0.266. The maximum absolute atomic E-state index is 11.9. The smallest absolute Gasteiger partial charge is 0.315 e. The number of unbranched alkanes of at least 4 members (excludes halogenated alkanes) is 1. The average Bonchev–Trinajstić information content (AvgIpc) is 3.12. The Morgan fingerprint density at radius 3 is 2.92 bits per heavy atom. The van der Waals surface area contributed by atoms with Crippen LogP contribution in [-0.2, 0) is 4.79 Å². The first-order valence-corrected chi connectivity index (χ1v) is 10.2. The predicted molar refractivity (Wildman–Crippen MR) is 96.3 cm³/mol. The molecule has 0 unspecified atom stereocenters. The van der Waals surface area contributed by atoms with Crippen molar-refractivity contribution in [2.45, 2.75) is 43.0 Å². The fourth-order valence-corrected chi connectivity index (χ4v) is 5.19. The molecule has 0 aromatic rings. The van der Waals surface area contributed by atoms with Gasteiger partial charge in [-0.2, -0.15) is 11.8 Å². The average molecular weight is 356 g/mol. The van der Waals surface area contributed by atoms with Crippen LogP contribution in [0.25, 0.3) is 0 Å². The molecule has 24 heavy (non-hydrogen) atoms. The van der Waals surface area contributed by atoms with E-state index in [1.165, 1.54) is 0 Å². The number of nitrogens with zero attached hydrogens (tertiary/aromatic N) is 1. The third-order valence-corrected chi connectivity index (χ3v) is 6.55. The number of hydrogen-bond acceptors (Lipinski definition) is 5. The van der Waals surface area contributed by atoms with Gasteiger partial charge in [0.05, 0.1) is 12.1 Å². The summed E-state index contributed by atoms with van der Waals surface area (Å²) in [5, 5.41) is 12.8. The molecule has 8 heteroatoms. The molecule has 3 atom stereocenters. The number of amides is 3. The SMILES string of the molecule is O=C(CCCC[C@@H]1SC[C@@H]2NC(=O)N[C@@H]21)NCCN1CCNCC1. The van der Waals surface area contributed by atoms with Gasteiger partial charge in [0, 0.05) is 56.7 Å². The summed E-state index contributed by atoms with van der Waals surface area (Å²) in [6.45, 7) is 5.93. The largest absolute Gasteiger partial charge is 0.355 e. The number of fused-ring (bicyclic) bond motifs is 1. The minimum absolute atomic E-state index is 0.0286. The van der Waals surface area contributed by atoms with Gasteiger partial charge in [-0.1, -0.05) is 6.42 Å². The number of carbonyl (C=O) groups is 2. The van der Waals surface area contributed by atoms with Crippen molar-refractivity contribution in [3.63, 3.8) is 0 Å². The van der Waals surface area contributed by atoms with Gasteiger partial charge in [0.2, 0.25) is 5.91 Å². The lowest BCUT2D eigenvalue weighted by Gasteiger charge is -2.27. The van der Waals surface area contributed by atoms with Gasteiger partial charge in [-0.05, 0) is 12.8 Å². The van der Waals surface area contributed by atoms with Crippen molar-refractivity contribution in [1.29, 1.82) is 0 Å². The summed E-state index contributed by atoms with van der Waals surface area (Å²) < 4.78 is 0. The lowest BCUT2D eigenvalue weighted by atomic mass is 10.0. The molecule has 0 radical (unpaired) electrons. The summed E-state index contributed by atoms with van der Waals surface area (Å²) in [4.78, 5) is 25.6. The molecule has 3 aliphatic heterocycles. The van der Waals surface area contributed by atoms with E-state index in [0.717, 1.165) is 64.3 Å². The second-order valence-electron chi connectivity index (χ2n) is 6.81. The highest BCUT2D eigenvalue weighted by Gasteiger charge is 2.42. The van der Waals surface area contributed by atoms with Gasteiger partial charge in [0.25, 0.3) is 0 Å². The van der Waals surface area contributed by atoms with Crippen LogP contribution in [0.15, 0.2) is 0 Å². The fourth-order valence-electron chi connectivity index (χ4n) is 3.65. The topological polar surface area (TPSA) is 85.5 Å². The van der Waals surface area contributed by atoms with E-state index in [9.17, 15) is 9.59 Å². The first-order valence-electron chi connectivity index (χ1n) is 9.11. The Labute approximate surface area is 148 Å². The number of thioether (sulfide) groups is 1. The molecule has 3 rings (SSSR count). The van der Waals surface area contributed by atoms with Crippen LogP contribution in [0.3, 0.4) is 0 Å². The molecule has 3 amide bonds. The molecule has 0 aromatic heterocycles. The Bertz CT molecular complexity index is 444. The molecule has 4 N–H and O–H groups in total. The van der Waals surface area contributed by atoms with E-state index in [0.29, 0.717) is 17.7 Å². The number of hydrogen-bond donors (Lipinski definition) is 4. The molecule has 3 fully saturated rings. The van der Waals surface area contributed by atoms with Crippen molar-refractivity contribution in [2.24, 2.45) is 0 Å². The zero-order chi connectivity index (χ0) is 16.8. The van der Waals surface area contributed by atoms with E-state index in [-0.39, 0.29) is 18.0 Å². The Hall–Kier alpha value is -0.990. The van der Waals surface area contributed by atoms with E-state index in [2.05, 4.69) is 26.2 Å². The van der Waals surface area contributed by atoms with Gasteiger partial charge in [0.1, 0.15) is 0 Å². The Kier molecular flexibility index (Phi) is 6.62. The van der Waals surface area contributed by atoms with E-state index in [4.69, 9.17) is 0 Å². The van der Waals surface area contributed by atoms with Crippen LogP contribution in [0, 0.1) is 0 Å². The van der Waals surface area contributed by atoms with Crippen molar-refractivity contribution >= 4 is 23.7 Å². The number of carbonyl (C=O) groups excluding carboxylic acids is 2. The molecule has 0 aliphatic carbocycles. The number of urea groups is 1. The van der Waals surface area contributed by atoms with Crippen LogP contribution in [0.4, 0.5) is 4.79 Å². The van der Waals surface area contributed by atoms with E-state index < -0.39 is 0 Å². The second kappa shape index (κ2) is 8.92. The molecule has 3 saturated heterocycles. The molecular weight excluding hydrogens is 326 g/mol. The normalized spacial score (nSPS) is 29.8. The van der Waals surface area contributed by atoms with Crippen LogP contribution in [0.5, 0.6) is 0 Å². The minimum Gasteiger partial charge on any atom is -0.355 e. The van der Waals surface area contributed by atoms with E-state index >= 15 is 0 Å². The van der Waals surface area contributed by atoms with Crippen LogP contribution in [0.1, 0.15) is 25.7 Å². The third-order valence-electron chi connectivity index (χ3n) is 5.04. The lowest BCUT2D eigenvalue weighted by molar-refractivity contribution is -0.121. The summed E-state index contributed by atoms with van der Waals surface area (Å²) in [5.41, 5.74) is 0. The molecule has 0 saturated carbocycles. The molecule has 0 spiro atoms. The van der Waals surface area contributed by atoms with Crippen molar-refractivity contribution in [2.75, 3.05) is 45.0 Å². The van der Waals surface area contributed by atoms with Crippen molar-refractivity contribution in [3.05, 3.63) is 0 Å². The first kappa shape index (κ1) is 17.8. The summed E-state index contributed by atoms with van der Waals surface area (Å²) in [6.07, 6.45) is 3.65. The molecule has 0 bridgehead atoms. The highest BCUT2D eigenvalue weighted by Crippen LogP contribution is 2.33. The molecule has 3 aliphatic rings. The van der Waals surface area contributed by atoms with E-state index in [1.807, 2.05) is 11.8 Å². The van der Waals surface area contributed by atoms with Gasteiger partial charge in [-0.3, -0.25) is 9.69 Å².